The van der Waals surface area contributed by atoms with Crippen LogP contribution >= 0.6 is 0 Å². The molecule has 0 bridgehead atoms. The first-order chi connectivity index (χ1) is 19.0. The number of morpholine rings is 1. The summed E-state index contributed by atoms with van der Waals surface area (Å²) in [5, 5.41) is 3.32. The van der Waals surface area contributed by atoms with Crippen molar-refractivity contribution >= 4 is 17.1 Å². The van der Waals surface area contributed by atoms with Gasteiger partial charge in [-0.25, -0.2) is 14.3 Å². The first kappa shape index (κ1) is 28.4. The second-order valence-electron chi connectivity index (χ2n) is 11.1. The molecule has 3 aromatic rings. The lowest BCUT2D eigenvalue weighted by molar-refractivity contribution is -0.136. The first-order valence-electron chi connectivity index (χ1n) is 13.4. The van der Waals surface area contributed by atoms with Gasteiger partial charge in [-0.2, -0.15) is 13.2 Å². The number of carbonyl (C=O) groups excluding carboxylic acids is 1. The number of carbonyl (C=O) groups is 1. The molecule has 2 aliphatic heterocycles. The van der Waals surface area contributed by atoms with Crippen molar-refractivity contribution in [2.45, 2.75) is 57.3 Å². The van der Waals surface area contributed by atoms with Crippen LogP contribution in [-0.2, 0) is 20.4 Å². The molecule has 5 rings (SSSR count). The van der Waals surface area contributed by atoms with Crippen molar-refractivity contribution in [3.8, 4) is 16.9 Å². The van der Waals surface area contributed by atoms with Gasteiger partial charge in [0.05, 0.1) is 31.9 Å². The van der Waals surface area contributed by atoms with Crippen molar-refractivity contribution in [3.05, 3.63) is 47.3 Å². The molecule has 2 fully saturated rings. The molecule has 2 saturated heterocycles. The van der Waals surface area contributed by atoms with Crippen LogP contribution < -0.4 is 10.1 Å². The van der Waals surface area contributed by atoms with E-state index < -0.39 is 23.4 Å². The zero-order valence-corrected chi connectivity index (χ0v) is 23.1. The van der Waals surface area contributed by atoms with Crippen LogP contribution in [0.5, 0.6) is 5.75 Å². The predicted molar refractivity (Wildman–Crippen MR) is 143 cm³/mol. The molecule has 1 N–H and O–H groups in total. The third-order valence-electron chi connectivity index (χ3n) is 7.19. The van der Waals surface area contributed by atoms with Crippen LogP contribution in [-0.4, -0.2) is 61.3 Å². The molecule has 2 aromatic heterocycles. The van der Waals surface area contributed by atoms with Crippen molar-refractivity contribution in [3.63, 3.8) is 0 Å². The van der Waals surface area contributed by atoms with Gasteiger partial charge in [-0.3, -0.25) is 0 Å². The van der Waals surface area contributed by atoms with Gasteiger partial charge in [-0.15, -0.1) is 0 Å². The standard InChI is InChI=1S/C29H34F3N3O5/c1-28(2,3)40-27(36)35-15-22(29(30,31)32)20-12-19(14-34-26(20)35)18-11-21(23-16-39-10-7-33-23)25(24(13-18)37-4)17-5-8-38-9-6-17/h11-15,17,23,33H,5-10,16H2,1-4H3. The molecule has 4 heterocycles. The van der Waals surface area contributed by atoms with E-state index in [1.807, 2.05) is 12.1 Å². The molecule has 0 saturated carbocycles. The molecule has 0 spiro atoms. The molecule has 1 unspecified atom stereocenters. The Hall–Kier alpha value is -3.15. The van der Waals surface area contributed by atoms with Gasteiger partial charge < -0.3 is 24.3 Å². The summed E-state index contributed by atoms with van der Waals surface area (Å²) in [7, 11) is 1.60. The maximum absolute atomic E-state index is 14.1. The highest BCUT2D eigenvalue weighted by atomic mass is 19.4. The molecule has 40 heavy (non-hydrogen) atoms. The summed E-state index contributed by atoms with van der Waals surface area (Å²) in [6, 6.07) is 5.15. The van der Waals surface area contributed by atoms with Gasteiger partial charge >= 0.3 is 12.3 Å². The summed E-state index contributed by atoms with van der Waals surface area (Å²) in [6.07, 6.45) is -1.72. The van der Waals surface area contributed by atoms with Crippen LogP contribution in [0.4, 0.5) is 18.0 Å². The smallest absolute Gasteiger partial charge is 0.420 e. The highest BCUT2D eigenvalue weighted by Crippen LogP contribution is 2.43. The Morgan fingerprint density at radius 2 is 1.82 bits per heavy atom. The Labute approximate surface area is 230 Å². The van der Waals surface area contributed by atoms with Gasteiger partial charge in [0.2, 0.25) is 0 Å². The van der Waals surface area contributed by atoms with Gasteiger partial charge in [0.15, 0.2) is 0 Å². The molecule has 1 aromatic carbocycles. The van der Waals surface area contributed by atoms with Gasteiger partial charge in [0.1, 0.15) is 17.0 Å². The largest absolute Gasteiger partial charge is 0.496 e. The number of nitrogens with one attached hydrogen (secondary N) is 1. The number of rotatable bonds is 4. The number of fused-ring (bicyclic) bond motifs is 1. The van der Waals surface area contributed by atoms with E-state index in [1.165, 1.54) is 12.3 Å². The number of aromatic nitrogens is 2. The number of hydrogen-bond donors (Lipinski definition) is 1. The summed E-state index contributed by atoms with van der Waals surface area (Å²) in [4.78, 5) is 17.1. The van der Waals surface area contributed by atoms with E-state index in [2.05, 4.69) is 10.3 Å². The number of pyridine rings is 1. The van der Waals surface area contributed by atoms with E-state index >= 15 is 0 Å². The Morgan fingerprint density at radius 1 is 1.07 bits per heavy atom. The van der Waals surface area contributed by atoms with Gasteiger partial charge in [-0.1, -0.05) is 0 Å². The summed E-state index contributed by atoms with van der Waals surface area (Å²) in [5.74, 6) is 0.881. The van der Waals surface area contributed by atoms with E-state index in [1.54, 1.807) is 27.9 Å². The normalized spacial score (nSPS) is 19.1. The molecule has 2 aliphatic rings. The van der Waals surface area contributed by atoms with E-state index in [0.717, 1.165) is 34.7 Å². The van der Waals surface area contributed by atoms with Crippen molar-refractivity contribution < 1.29 is 36.9 Å². The van der Waals surface area contributed by atoms with Crippen molar-refractivity contribution in [2.24, 2.45) is 0 Å². The Balaban J connectivity index is 1.65. The number of benzene rings is 1. The van der Waals surface area contributed by atoms with Crippen molar-refractivity contribution in [1.82, 2.24) is 14.9 Å². The molecular formula is C29H34F3N3O5. The molecule has 8 nitrogen and oxygen atoms in total. The first-order valence-corrected chi connectivity index (χ1v) is 13.4. The zero-order valence-electron chi connectivity index (χ0n) is 23.1. The van der Waals surface area contributed by atoms with Crippen LogP contribution in [0.15, 0.2) is 30.6 Å². The third-order valence-corrected chi connectivity index (χ3v) is 7.19. The summed E-state index contributed by atoms with van der Waals surface area (Å²) < 4.78 is 65.7. The summed E-state index contributed by atoms with van der Waals surface area (Å²) in [6.45, 7) is 8.01. The van der Waals surface area contributed by atoms with Crippen LogP contribution in [0.2, 0.25) is 0 Å². The van der Waals surface area contributed by atoms with Gasteiger partial charge in [-0.05, 0) is 68.9 Å². The molecule has 1 atom stereocenters. The molecule has 0 amide bonds. The van der Waals surface area contributed by atoms with Crippen LogP contribution in [0.25, 0.3) is 22.2 Å². The third kappa shape index (κ3) is 5.82. The number of nitrogens with zero attached hydrogens (tertiary/aromatic N) is 2. The van der Waals surface area contributed by atoms with E-state index in [4.69, 9.17) is 18.9 Å². The second kappa shape index (κ2) is 11.0. The Bertz CT molecular complexity index is 1380. The predicted octanol–water partition coefficient (Wildman–Crippen LogP) is 6.07. The van der Waals surface area contributed by atoms with Crippen molar-refractivity contribution in [1.29, 1.82) is 0 Å². The number of halogens is 3. The van der Waals surface area contributed by atoms with Crippen LogP contribution in [0.3, 0.4) is 0 Å². The quantitative estimate of drug-likeness (QED) is 0.414. The Kier molecular flexibility index (Phi) is 7.82. The minimum Gasteiger partial charge on any atom is -0.496 e. The molecule has 0 aliphatic carbocycles. The van der Waals surface area contributed by atoms with Gasteiger partial charge in [0.25, 0.3) is 0 Å². The molecule has 0 radical (unpaired) electrons. The highest BCUT2D eigenvalue weighted by molar-refractivity contribution is 5.92. The fraction of sp³-hybridized carbons (Fsp3) is 0.517. The second-order valence-corrected chi connectivity index (χ2v) is 11.1. The topological polar surface area (TPSA) is 83.8 Å². The minimum absolute atomic E-state index is 0.101. The lowest BCUT2D eigenvalue weighted by Gasteiger charge is -2.32. The summed E-state index contributed by atoms with van der Waals surface area (Å²) >= 11 is 0. The minimum atomic E-state index is -4.70. The maximum Gasteiger partial charge on any atom is 0.420 e. The number of hydrogen-bond acceptors (Lipinski definition) is 7. The average molecular weight is 562 g/mol. The lowest BCUT2D eigenvalue weighted by Crippen LogP contribution is -2.35. The fourth-order valence-corrected chi connectivity index (χ4v) is 5.40. The maximum atomic E-state index is 14.1. The van der Waals surface area contributed by atoms with Crippen LogP contribution in [0.1, 0.15) is 62.3 Å². The fourth-order valence-electron chi connectivity index (χ4n) is 5.40. The summed E-state index contributed by atoms with van der Waals surface area (Å²) in [5.41, 5.74) is 1.20. The van der Waals surface area contributed by atoms with Crippen LogP contribution in [0, 0.1) is 0 Å². The SMILES string of the molecule is COc1cc(-c2cnc3c(c2)c(C(F)(F)F)cn3C(=O)OC(C)(C)C)cc(C2COCCN2)c1C1CCOCC1. The van der Waals surface area contributed by atoms with E-state index in [-0.39, 0.29) is 23.0 Å². The molecule has 11 heteroatoms. The Morgan fingerprint density at radius 3 is 2.45 bits per heavy atom. The highest BCUT2D eigenvalue weighted by Gasteiger charge is 2.37. The average Bonchev–Trinajstić information content (AvgIpc) is 3.32. The number of ether oxygens (including phenoxy) is 4. The van der Waals surface area contributed by atoms with Gasteiger partial charge in [0, 0.05) is 48.7 Å². The molecule has 216 valence electrons. The van der Waals surface area contributed by atoms with E-state index in [9.17, 15) is 18.0 Å². The lowest BCUT2D eigenvalue weighted by atomic mass is 9.83. The monoisotopic (exact) mass is 561 g/mol. The number of alkyl halides is 3. The van der Waals surface area contributed by atoms with E-state index in [0.29, 0.717) is 49.8 Å². The van der Waals surface area contributed by atoms with Crippen molar-refractivity contribution in [2.75, 3.05) is 40.1 Å². The molecular weight excluding hydrogens is 527 g/mol. The zero-order chi connectivity index (χ0) is 28.7. The number of methoxy groups -OCH3 is 1.